The molecule has 5 nitrogen and oxygen atoms in total. The Morgan fingerprint density at radius 1 is 1.29 bits per heavy atom. The van der Waals surface area contributed by atoms with Crippen molar-refractivity contribution < 1.29 is 19.2 Å². The largest absolute Gasteiger partial charge is 0.461 e. The maximum absolute atomic E-state index is 11.7. The molecule has 0 radical (unpaired) electrons. The zero-order valence-electron chi connectivity index (χ0n) is 13.7. The Kier molecular flexibility index (Phi) is 6.85. The summed E-state index contributed by atoms with van der Waals surface area (Å²) in [7, 11) is 0. The van der Waals surface area contributed by atoms with Crippen LogP contribution in [-0.2, 0) is 19.2 Å². The number of nitrogens with zero attached hydrogens (tertiary/aromatic N) is 1. The maximum atomic E-state index is 11.7. The highest BCUT2D eigenvalue weighted by Crippen LogP contribution is 2.35. The van der Waals surface area contributed by atoms with Crippen LogP contribution in [0.4, 0.5) is 0 Å². The minimum absolute atomic E-state index is 0.0440. The zero-order valence-corrected chi connectivity index (χ0v) is 13.7. The molecule has 0 N–H and O–H groups in total. The van der Waals surface area contributed by atoms with E-state index in [1.54, 1.807) is 6.92 Å². The monoisotopic (exact) mass is 297 g/mol. The number of ketones is 1. The van der Waals surface area contributed by atoms with Crippen LogP contribution in [-0.4, -0.2) is 30.2 Å². The smallest absolute Gasteiger partial charge is 0.364 e. The van der Waals surface area contributed by atoms with Crippen molar-refractivity contribution in [3.8, 4) is 0 Å². The van der Waals surface area contributed by atoms with Gasteiger partial charge in [0.1, 0.15) is 6.10 Å². The van der Waals surface area contributed by atoms with Crippen molar-refractivity contribution >= 4 is 17.5 Å². The van der Waals surface area contributed by atoms with Crippen LogP contribution in [0.3, 0.4) is 0 Å². The average molecular weight is 297 g/mol. The predicted octanol–water partition coefficient (Wildman–Crippen LogP) is 2.97. The third-order valence-corrected chi connectivity index (χ3v) is 4.04. The van der Waals surface area contributed by atoms with Crippen molar-refractivity contribution in [1.29, 1.82) is 0 Å². The third kappa shape index (κ3) is 5.14. The van der Waals surface area contributed by atoms with E-state index < -0.39 is 11.8 Å². The van der Waals surface area contributed by atoms with E-state index in [-0.39, 0.29) is 18.4 Å². The summed E-state index contributed by atoms with van der Waals surface area (Å²) < 4.78 is 4.83. The highest BCUT2D eigenvalue weighted by atomic mass is 16.6. The van der Waals surface area contributed by atoms with E-state index in [0.29, 0.717) is 17.8 Å². The topological polar surface area (TPSA) is 65.0 Å². The summed E-state index contributed by atoms with van der Waals surface area (Å²) in [4.78, 5) is 28.8. The molecule has 120 valence electrons. The van der Waals surface area contributed by atoms with Gasteiger partial charge in [0.2, 0.25) is 5.71 Å². The fourth-order valence-corrected chi connectivity index (χ4v) is 2.80. The van der Waals surface area contributed by atoms with Crippen LogP contribution >= 0.6 is 0 Å². The molecule has 3 atom stereocenters. The Hall–Kier alpha value is -1.39. The van der Waals surface area contributed by atoms with Crippen LogP contribution in [0.5, 0.6) is 0 Å². The summed E-state index contributed by atoms with van der Waals surface area (Å²) in [5.74, 6) is 0.318. The Morgan fingerprint density at radius 3 is 2.48 bits per heavy atom. The molecular weight excluding hydrogens is 270 g/mol. The van der Waals surface area contributed by atoms with Crippen LogP contribution < -0.4 is 0 Å². The molecule has 0 aromatic heterocycles. The number of oxime groups is 1. The first kappa shape index (κ1) is 17.7. The van der Waals surface area contributed by atoms with Gasteiger partial charge in [-0.05, 0) is 31.6 Å². The summed E-state index contributed by atoms with van der Waals surface area (Å²) >= 11 is 0. The fraction of sp³-hybridized carbons (Fsp3) is 0.812. The summed E-state index contributed by atoms with van der Waals surface area (Å²) in [5.41, 5.74) is -0.252. The normalized spacial score (nSPS) is 26.6. The van der Waals surface area contributed by atoms with Gasteiger partial charge in [-0.15, -0.1) is 0 Å². The molecular formula is C16H27NO4. The van der Waals surface area contributed by atoms with Gasteiger partial charge < -0.3 is 9.57 Å². The first-order valence-corrected chi connectivity index (χ1v) is 7.78. The van der Waals surface area contributed by atoms with Gasteiger partial charge in [0.05, 0.1) is 6.61 Å². The van der Waals surface area contributed by atoms with Crippen molar-refractivity contribution in [3.63, 3.8) is 0 Å². The predicted molar refractivity (Wildman–Crippen MR) is 81.0 cm³/mol. The molecule has 1 saturated carbocycles. The lowest BCUT2D eigenvalue weighted by molar-refractivity contribution is -0.136. The van der Waals surface area contributed by atoms with E-state index in [1.807, 2.05) is 0 Å². The number of rotatable bonds is 6. The van der Waals surface area contributed by atoms with E-state index in [1.165, 1.54) is 13.3 Å². The standard InChI is InChI=1S/C16H27NO4/c1-6-20-16(19)15(12(5)18)17-21-14-9-11(4)7-8-13(14)10(2)3/h10-11,13-14H,6-9H2,1-5H3/t11-,13+,14+/m1/s1. The van der Waals surface area contributed by atoms with Crippen LogP contribution in [0, 0.1) is 17.8 Å². The van der Waals surface area contributed by atoms with Gasteiger partial charge in [0.15, 0.2) is 5.78 Å². The molecule has 0 aliphatic heterocycles. The highest BCUT2D eigenvalue weighted by Gasteiger charge is 2.33. The Morgan fingerprint density at radius 2 is 1.95 bits per heavy atom. The first-order valence-electron chi connectivity index (χ1n) is 7.78. The van der Waals surface area contributed by atoms with Gasteiger partial charge in [-0.2, -0.15) is 0 Å². The number of Topliss-reactive ketones (excluding diaryl/α,β-unsaturated/α-hetero) is 1. The molecule has 1 aliphatic rings. The number of ether oxygens (including phenoxy) is 1. The molecule has 0 heterocycles. The molecule has 1 aliphatic carbocycles. The summed E-state index contributed by atoms with van der Waals surface area (Å²) in [6, 6.07) is 0. The van der Waals surface area contributed by atoms with Crippen LogP contribution in [0.1, 0.15) is 53.9 Å². The van der Waals surface area contributed by atoms with Crippen molar-refractivity contribution in [1.82, 2.24) is 0 Å². The third-order valence-electron chi connectivity index (χ3n) is 4.04. The van der Waals surface area contributed by atoms with Crippen molar-refractivity contribution in [2.75, 3.05) is 6.61 Å². The lowest BCUT2D eigenvalue weighted by Crippen LogP contribution is -2.34. The number of hydrogen-bond acceptors (Lipinski definition) is 5. The van der Waals surface area contributed by atoms with Crippen molar-refractivity contribution in [2.45, 2.75) is 60.0 Å². The number of esters is 1. The summed E-state index contributed by atoms with van der Waals surface area (Å²) in [6.45, 7) is 9.71. The minimum atomic E-state index is -0.713. The van der Waals surface area contributed by atoms with Gasteiger partial charge in [-0.1, -0.05) is 32.3 Å². The zero-order chi connectivity index (χ0) is 16.0. The molecule has 0 amide bonds. The first-order chi connectivity index (χ1) is 9.86. The number of carbonyl (C=O) groups excluding carboxylic acids is 2. The van der Waals surface area contributed by atoms with Gasteiger partial charge in [-0.3, -0.25) is 4.79 Å². The van der Waals surface area contributed by atoms with Gasteiger partial charge in [0.25, 0.3) is 0 Å². The number of carbonyl (C=O) groups is 2. The fourth-order valence-electron chi connectivity index (χ4n) is 2.80. The second-order valence-electron chi connectivity index (χ2n) is 6.19. The molecule has 0 spiro atoms. The van der Waals surface area contributed by atoms with E-state index in [9.17, 15) is 9.59 Å². The second kappa shape index (κ2) is 8.15. The highest BCUT2D eigenvalue weighted by molar-refractivity contribution is 6.63. The summed E-state index contributed by atoms with van der Waals surface area (Å²) in [5, 5.41) is 3.83. The van der Waals surface area contributed by atoms with Crippen LogP contribution in [0.15, 0.2) is 5.16 Å². The quantitative estimate of drug-likeness (QED) is 0.327. The van der Waals surface area contributed by atoms with Gasteiger partial charge in [-0.25, -0.2) is 4.79 Å². The lowest BCUT2D eigenvalue weighted by Gasteiger charge is -2.35. The van der Waals surface area contributed by atoms with Gasteiger partial charge >= 0.3 is 5.97 Å². The van der Waals surface area contributed by atoms with E-state index in [0.717, 1.165) is 12.8 Å². The second-order valence-corrected chi connectivity index (χ2v) is 6.19. The van der Waals surface area contributed by atoms with Crippen LogP contribution in [0.25, 0.3) is 0 Å². The Balaban J connectivity index is 2.81. The Labute approximate surface area is 127 Å². The lowest BCUT2D eigenvalue weighted by atomic mass is 9.75. The molecule has 1 rings (SSSR count). The Bertz CT molecular complexity index is 403. The molecule has 0 unspecified atom stereocenters. The SMILES string of the molecule is CCOC(=O)C(=NO[C@H]1C[C@H](C)CC[C@H]1C(C)C)C(C)=O. The minimum Gasteiger partial charge on any atom is -0.461 e. The maximum Gasteiger partial charge on any atom is 0.364 e. The van der Waals surface area contributed by atoms with Crippen molar-refractivity contribution in [3.05, 3.63) is 0 Å². The van der Waals surface area contributed by atoms with E-state index >= 15 is 0 Å². The number of hydrogen-bond donors (Lipinski definition) is 0. The molecule has 0 aromatic rings. The summed E-state index contributed by atoms with van der Waals surface area (Å²) in [6.07, 6.45) is 3.13. The molecule has 0 aromatic carbocycles. The molecule has 1 fully saturated rings. The van der Waals surface area contributed by atoms with Gasteiger partial charge in [0, 0.05) is 12.8 Å². The van der Waals surface area contributed by atoms with Crippen molar-refractivity contribution in [2.24, 2.45) is 22.9 Å². The van der Waals surface area contributed by atoms with Crippen LogP contribution in [0.2, 0.25) is 0 Å². The molecule has 0 saturated heterocycles. The molecule has 21 heavy (non-hydrogen) atoms. The molecule has 0 bridgehead atoms. The average Bonchev–Trinajstić information content (AvgIpc) is 2.38. The van der Waals surface area contributed by atoms with E-state index in [2.05, 4.69) is 25.9 Å². The van der Waals surface area contributed by atoms with E-state index in [4.69, 9.17) is 9.57 Å². The molecule has 5 heteroatoms.